The van der Waals surface area contributed by atoms with E-state index in [1.54, 1.807) is 24.3 Å². The number of nitrogens with one attached hydrogen (secondary N) is 1. The van der Waals surface area contributed by atoms with Crippen LogP contribution in [0.25, 0.3) is 22.2 Å². The van der Waals surface area contributed by atoms with Gasteiger partial charge in [0.25, 0.3) is 5.56 Å². The molecular formula is C21H18ClF3N4O2. The number of hydrogen-bond acceptors (Lipinski definition) is 5. The van der Waals surface area contributed by atoms with Crippen LogP contribution in [0.15, 0.2) is 41.3 Å². The summed E-state index contributed by atoms with van der Waals surface area (Å²) >= 11 is 6.18. The summed E-state index contributed by atoms with van der Waals surface area (Å²) < 4.78 is 40.5. The highest BCUT2D eigenvalue weighted by molar-refractivity contribution is 6.33. The summed E-state index contributed by atoms with van der Waals surface area (Å²) in [6.45, 7) is -1.49. The highest BCUT2D eigenvalue weighted by atomic mass is 35.5. The molecule has 0 atom stereocenters. The number of anilines is 1. The summed E-state index contributed by atoms with van der Waals surface area (Å²) in [5, 5.41) is 3.60. The minimum Gasteiger partial charge on any atom is -0.351 e. The SMILES string of the molecule is O=C1CCC(Nc2ncc3cc(-c4ccccc4Cl)c(=O)n(CC(F)(F)F)c3n2)CC1. The molecule has 10 heteroatoms. The second-order valence-electron chi connectivity index (χ2n) is 7.47. The Bertz CT molecular complexity index is 1200. The first-order valence-electron chi connectivity index (χ1n) is 9.72. The van der Waals surface area contributed by atoms with Gasteiger partial charge < -0.3 is 5.32 Å². The lowest BCUT2D eigenvalue weighted by atomic mass is 9.94. The van der Waals surface area contributed by atoms with Gasteiger partial charge in [0, 0.05) is 46.6 Å². The van der Waals surface area contributed by atoms with Gasteiger partial charge in [0.15, 0.2) is 0 Å². The van der Waals surface area contributed by atoms with Gasteiger partial charge in [-0.3, -0.25) is 14.2 Å². The Morgan fingerprint density at radius 2 is 1.84 bits per heavy atom. The lowest BCUT2D eigenvalue weighted by Crippen LogP contribution is -2.30. The molecule has 1 aliphatic carbocycles. The zero-order valence-electron chi connectivity index (χ0n) is 16.2. The van der Waals surface area contributed by atoms with Crippen LogP contribution in [0.3, 0.4) is 0 Å². The van der Waals surface area contributed by atoms with E-state index in [1.807, 2.05) is 0 Å². The molecule has 0 saturated heterocycles. The normalized spacial score (nSPS) is 15.4. The molecule has 4 rings (SSSR count). The Morgan fingerprint density at radius 3 is 2.52 bits per heavy atom. The van der Waals surface area contributed by atoms with Crippen molar-refractivity contribution in [1.82, 2.24) is 14.5 Å². The minimum atomic E-state index is -4.63. The van der Waals surface area contributed by atoms with Crippen LogP contribution in [0.1, 0.15) is 25.7 Å². The predicted octanol–water partition coefficient (Wildman–Crippen LogP) is 4.60. The number of benzene rings is 1. The zero-order valence-corrected chi connectivity index (χ0v) is 17.0. The van der Waals surface area contributed by atoms with E-state index >= 15 is 0 Å². The molecule has 1 aliphatic rings. The van der Waals surface area contributed by atoms with Crippen molar-refractivity contribution in [3.63, 3.8) is 0 Å². The third-order valence-electron chi connectivity index (χ3n) is 5.20. The number of carbonyl (C=O) groups is 1. The molecule has 31 heavy (non-hydrogen) atoms. The molecule has 3 aromatic rings. The van der Waals surface area contributed by atoms with Gasteiger partial charge in [-0.2, -0.15) is 18.2 Å². The summed E-state index contributed by atoms with van der Waals surface area (Å²) in [7, 11) is 0. The number of rotatable bonds is 4. The number of nitrogens with zero attached hydrogens (tertiary/aromatic N) is 3. The largest absolute Gasteiger partial charge is 0.406 e. The summed E-state index contributed by atoms with van der Waals surface area (Å²) in [5.74, 6) is 0.302. The van der Waals surface area contributed by atoms with Crippen molar-refractivity contribution < 1.29 is 18.0 Å². The lowest BCUT2D eigenvalue weighted by molar-refractivity contribution is -0.140. The topological polar surface area (TPSA) is 76.9 Å². The standard InChI is InChI=1S/C21H18ClF3N4O2/c22-17-4-2-1-3-15(17)16-9-12-10-26-20(27-13-5-7-14(30)8-6-13)28-18(12)29(19(16)31)11-21(23,24)25/h1-4,9-10,13H,5-8,11H2,(H,26,27,28). The third kappa shape index (κ3) is 4.71. The van der Waals surface area contributed by atoms with Crippen LogP contribution in [-0.2, 0) is 11.3 Å². The average molecular weight is 451 g/mol. The molecule has 6 nitrogen and oxygen atoms in total. The van der Waals surface area contributed by atoms with Gasteiger partial charge in [-0.15, -0.1) is 0 Å². The number of pyridine rings is 1. The summed E-state index contributed by atoms with van der Waals surface area (Å²) in [4.78, 5) is 32.9. The summed E-state index contributed by atoms with van der Waals surface area (Å²) in [6.07, 6.45) is -1.18. The number of Topliss-reactive ketones (excluding diaryl/α,β-unsaturated/α-hetero) is 1. The van der Waals surface area contributed by atoms with Crippen molar-refractivity contribution in [2.45, 2.75) is 44.4 Å². The van der Waals surface area contributed by atoms with Gasteiger partial charge in [0.2, 0.25) is 5.95 Å². The quantitative estimate of drug-likeness (QED) is 0.628. The average Bonchev–Trinajstić information content (AvgIpc) is 2.72. The van der Waals surface area contributed by atoms with Crippen molar-refractivity contribution in [2.75, 3.05) is 5.32 Å². The maximum atomic E-state index is 13.3. The van der Waals surface area contributed by atoms with Crippen LogP contribution >= 0.6 is 11.6 Å². The van der Waals surface area contributed by atoms with E-state index in [0.29, 0.717) is 35.8 Å². The van der Waals surface area contributed by atoms with Crippen LogP contribution in [0, 0.1) is 0 Å². The second kappa shape index (κ2) is 8.30. The number of ketones is 1. The molecule has 1 aromatic carbocycles. The first kappa shape index (κ1) is 21.3. The van der Waals surface area contributed by atoms with Crippen molar-refractivity contribution in [1.29, 1.82) is 0 Å². The van der Waals surface area contributed by atoms with Gasteiger partial charge >= 0.3 is 6.18 Å². The maximum absolute atomic E-state index is 13.3. The Hall–Kier alpha value is -2.94. The van der Waals surface area contributed by atoms with E-state index in [4.69, 9.17) is 11.6 Å². The Labute approximate surface area is 180 Å². The molecule has 0 amide bonds. The minimum absolute atomic E-state index is 0.0393. The van der Waals surface area contributed by atoms with E-state index in [9.17, 15) is 22.8 Å². The highest BCUT2D eigenvalue weighted by Gasteiger charge is 2.30. The molecule has 1 fully saturated rings. The molecule has 0 spiro atoms. The summed E-state index contributed by atoms with van der Waals surface area (Å²) in [5.41, 5.74) is -0.591. The van der Waals surface area contributed by atoms with Crippen molar-refractivity contribution >= 4 is 34.4 Å². The molecule has 0 radical (unpaired) electrons. The maximum Gasteiger partial charge on any atom is 0.406 e. The van der Waals surface area contributed by atoms with E-state index in [0.717, 1.165) is 0 Å². The lowest BCUT2D eigenvalue weighted by Gasteiger charge is -2.22. The van der Waals surface area contributed by atoms with Gasteiger partial charge in [-0.05, 0) is 25.0 Å². The van der Waals surface area contributed by atoms with Crippen LogP contribution in [0.2, 0.25) is 5.02 Å². The van der Waals surface area contributed by atoms with Gasteiger partial charge in [-0.1, -0.05) is 29.8 Å². The number of alkyl halides is 3. The van der Waals surface area contributed by atoms with Crippen LogP contribution in [-0.4, -0.2) is 32.5 Å². The van der Waals surface area contributed by atoms with Crippen LogP contribution < -0.4 is 10.9 Å². The second-order valence-corrected chi connectivity index (χ2v) is 7.88. The molecule has 1 saturated carbocycles. The number of carbonyl (C=O) groups excluding carboxylic acids is 1. The van der Waals surface area contributed by atoms with Crippen molar-refractivity contribution in [2.24, 2.45) is 0 Å². The molecule has 1 N–H and O–H groups in total. The number of halogens is 4. The van der Waals surface area contributed by atoms with Gasteiger partial charge in [0.1, 0.15) is 18.0 Å². The van der Waals surface area contributed by atoms with Crippen LogP contribution in [0.5, 0.6) is 0 Å². The molecule has 2 heterocycles. The Balaban J connectivity index is 1.81. The first-order chi connectivity index (χ1) is 14.7. The van der Waals surface area contributed by atoms with E-state index in [-0.39, 0.29) is 39.4 Å². The van der Waals surface area contributed by atoms with Crippen LogP contribution in [0.4, 0.5) is 19.1 Å². The Morgan fingerprint density at radius 1 is 1.13 bits per heavy atom. The fourth-order valence-electron chi connectivity index (χ4n) is 3.69. The fraction of sp³-hybridized carbons (Fsp3) is 0.333. The number of fused-ring (bicyclic) bond motifs is 1. The van der Waals surface area contributed by atoms with E-state index in [2.05, 4.69) is 15.3 Å². The van der Waals surface area contributed by atoms with Gasteiger partial charge in [0.05, 0.1) is 0 Å². The predicted molar refractivity (Wildman–Crippen MR) is 111 cm³/mol. The number of hydrogen-bond donors (Lipinski definition) is 1. The molecule has 2 aromatic heterocycles. The molecule has 0 aliphatic heterocycles. The smallest absolute Gasteiger partial charge is 0.351 e. The zero-order chi connectivity index (χ0) is 22.2. The molecule has 0 unspecified atom stereocenters. The van der Waals surface area contributed by atoms with Crippen molar-refractivity contribution in [3.05, 3.63) is 51.9 Å². The number of aromatic nitrogens is 3. The first-order valence-corrected chi connectivity index (χ1v) is 10.1. The highest BCUT2D eigenvalue weighted by Crippen LogP contribution is 2.28. The molecule has 162 valence electrons. The molecular weight excluding hydrogens is 433 g/mol. The fourth-order valence-corrected chi connectivity index (χ4v) is 3.93. The van der Waals surface area contributed by atoms with Crippen molar-refractivity contribution in [3.8, 4) is 11.1 Å². The third-order valence-corrected chi connectivity index (χ3v) is 5.53. The summed E-state index contributed by atoms with van der Waals surface area (Å²) in [6, 6.07) is 7.85. The Kier molecular flexibility index (Phi) is 5.70. The van der Waals surface area contributed by atoms with E-state index in [1.165, 1.54) is 12.3 Å². The van der Waals surface area contributed by atoms with E-state index < -0.39 is 18.3 Å². The monoisotopic (exact) mass is 450 g/mol. The molecule has 0 bridgehead atoms. The van der Waals surface area contributed by atoms with Gasteiger partial charge in [-0.25, -0.2) is 4.98 Å².